The monoisotopic (exact) mass is 300 g/mol. The summed E-state index contributed by atoms with van der Waals surface area (Å²) in [4.78, 5) is 4.31. The van der Waals surface area contributed by atoms with Crippen LogP contribution in [0, 0.1) is 5.41 Å². The maximum Gasteiger partial charge on any atom is 0.0542 e. The van der Waals surface area contributed by atoms with E-state index < -0.39 is 0 Å². The molecule has 1 aromatic heterocycles. The predicted molar refractivity (Wildman–Crippen MR) is 73.7 cm³/mol. The summed E-state index contributed by atoms with van der Waals surface area (Å²) in [7, 11) is 0. The highest BCUT2D eigenvalue weighted by atomic mass is 79.9. The van der Waals surface area contributed by atoms with Crippen LogP contribution >= 0.6 is 15.9 Å². The van der Waals surface area contributed by atoms with Crippen molar-refractivity contribution >= 4 is 15.9 Å². The Labute approximate surface area is 112 Å². The maximum atomic E-state index is 8.82. The Bertz CT molecular complexity index is 325. The molecule has 0 aliphatic heterocycles. The zero-order chi connectivity index (χ0) is 12.7. The molecule has 0 radical (unpaired) electrons. The molecule has 0 atom stereocenters. The predicted octanol–water partition coefficient (Wildman–Crippen LogP) is 2.73. The number of aliphatic hydroxyl groups is 1. The van der Waals surface area contributed by atoms with Crippen molar-refractivity contribution in [2.24, 2.45) is 5.41 Å². The number of halogens is 1. The van der Waals surface area contributed by atoms with Crippen LogP contribution in [0.15, 0.2) is 22.8 Å². The molecule has 0 unspecified atom stereocenters. The summed E-state index contributed by atoms with van der Waals surface area (Å²) in [5.74, 6) is 0. The van der Waals surface area contributed by atoms with E-state index in [-0.39, 0.29) is 12.0 Å². The van der Waals surface area contributed by atoms with Gasteiger partial charge in [0.05, 0.1) is 5.69 Å². The van der Waals surface area contributed by atoms with Crippen molar-refractivity contribution in [3.63, 3.8) is 0 Å². The second-order valence-electron chi connectivity index (χ2n) is 5.06. The number of aliphatic hydroxyl groups excluding tert-OH is 1. The Balaban J connectivity index is 2.29. The minimum absolute atomic E-state index is 0.220. The highest BCUT2D eigenvalue weighted by Gasteiger charge is 2.16. The van der Waals surface area contributed by atoms with E-state index >= 15 is 0 Å². The summed E-state index contributed by atoms with van der Waals surface area (Å²) in [6, 6.07) is 4.01. The number of hydrogen-bond donors (Lipinski definition) is 2. The first kappa shape index (κ1) is 14.6. The molecule has 0 fully saturated rings. The molecule has 0 bridgehead atoms. The van der Waals surface area contributed by atoms with Crippen LogP contribution in [0.25, 0.3) is 0 Å². The second kappa shape index (κ2) is 7.09. The van der Waals surface area contributed by atoms with Gasteiger partial charge in [-0.2, -0.15) is 0 Å². The Morgan fingerprint density at radius 2 is 2.18 bits per heavy atom. The Hall–Kier alpha value is -0.450. The first-order valence-electron chi connectivity index (χ1n) is 5.95. The summed E-state index contributed by atoms with van der Waals surface area (Å²) in [6.07, 6.45) is 3.71. The van der Waals surface area contributed by atoms with Gasteiger partial charge in [-0.15, -0.1) is 0 Å². The fourth-order valence-electron chi connectivity index (χ4n) is 1.69. The molecule has 3 nitrogen and oxygen atoms in total. The van der Waals surface area contributed by atoms with Gasteiger partial charge in [-0.05, 0) is 46.3 Å². The van der Waals surface area contributed by atoms with Crippen molar-refractivity contribution in [3.8, 4) is 0 Å². The molecule has 0 saturated carbocycles. The number of hydrogen-bond acceptors (Lipinski definition) is 3. The van der Waals surface area contributed by atoms with Crippen LogP contribution in [-0.4, -0.2) is 23.2 Å². The molecule has 0 aliphatic carbocycles. The summed E-state index contributed by atoms with van der Waals surface area (Å²) in [5.41, 5.74) is 1.27. The third-order valence-corrected chi connectivity index (χ3v) is 3.18. The highest BCUT2D eigenvalue weighted by Crippen LogP contribution is 2.20. The van der Waals surface area contributed by atoms with E-state index in [4.69, 9.17) is 5.11 Å². The number of rotatable bonds is 7. The molecule has 1 rings (SSSR count). The number of nitrogens with zero attached hydrogens (tertiary/aromatic N) is 1. The standard InChI is InChI=1S/C13H21BrN2O/c1-13(2,6-3-7-17)10-15-9-12-5-4-11(14)8-16-12/h4-5,8,15,17H,3,6-7,9-10H2,1-2H3. The van der Waals surface area contributed by atoms with Crippen molar-refractivity contribution < 1.29 is 5.11 Å². The van der Waals surface area contributed by atoms with Gasteiger partial charge >= 0.3 is 0 Å². The van der Waals surface area contributed by atoms with Crippen LogP contribution < -0.4 is 5.32 Å². The van der Waals surface area contributed by atoms with Gasteiger partial charge < -0.3 is 10.4 Å². The molecule has 17 heavy (non-hydrogen) atoms. The average Bonchev–Trinajstić information content (AvgIpc) is 2.29. The van der Waals surface area contributed by atoms with E-state index in [1.807, 2.05) is 18.3 Å². The fraction of sp³-hybridized carbons (Fsp3) is 0.615. The van der Waals surface area contributed by atoms with Crippen LogP contribution in [0.4, 0.5) is 0 Å². The van der Waals surface area contributed by atoms with Crippen LogP contribution in [0.2, 0.25) is 0 Å². The molecule has 0 spiro atoms. The van der Waals surface area contributed by atoms with Crippen LogP contribution in [0.3, 0.4) is 0 Å². The van der Waals surface area contributed by atoms with Crippen molar-refractivity contribution in [2.45, 2.75) is 33.2 Å². The lowest BCUT2D eigenvalue weighted by molar-refractivity contribution is 0.236. The molecule has 0 amide bonds. The minimum atomic E-state index is 0.220. The quantitative estimate of drug-likeness (QED) is 0.814. The molecule has 0 saturated heterocycles. The number of aromatic nitrogens is 1. The van der Waals surface area contributed by atoms with Crippen LogP contribution in [0.1, 0.15) is 32.4 Å². The SMILES string of the molecule is CC(C)(CCCO)CNCc1ccc(Br)cn1. The van der Waals surface area contributed by atoms with Crippen molar-refractivity contribution in [2.75, 3.05) is 13.2 Å². The normalized spacial score (nSPS) is 11.8. The lowest BCUT2D eigenvalue weighted by atomic mass is 9.88. The van der Waals surface area contributed by atoms with Gasteiger partial charge in [-0.3, -0.25) is 4.98 Å². The molecular weight excluding hydrogens is 280 g/mol. The molecule has 96 valence electrons. The Kier molecular flexibility index (Phi) is 6.09. The summed E-state index contributed by atoms with van der Waals surface area (Å²) in [5, 5.41) is 12.2. The van der Waals surface area contributed by atoms with E-state index in [2.05, 4.69) is 40.1 Å². The van der Waals surface area contributed by atoms with Gasteiger partial charge in [0.15, 0.2) is 0 Å². The molecule has 1 aromatic rings. The molecule has 0 aromatic carbocycles. The summed E-state index contributed by atoms with van der Waals surface area (Å²) < 4.78 is 1.00. The maximum absolute atomic E-state index is 8.82. The third kappa shape index (κ3) is 6.15. The van der Waals surface area contributed by atoms with E-state index in [9.17, 15) is 0 Å². The Morgan fingerprint density at radius 1 is 1.41 bits per heavy atom. The zero-order valence-corrected chi connectivity index (χ0v) is 12.1. The number of nitrogens with one attached hydrogen (secondary N) is 1. The van der Waals surface area contributed by atoms with Gasteiger partial charge in [0.25, 0.3) is 0 Å². The smallest absolute Gasteiger partial charge is 0.0542 e. The average molecular weight is 301 g/mol. The third-order valence-electron chi connectivity index (χ3n) is 2.71. The van der Waals surface area contributed by atoms with Crippen molar-refractivity contribution in [1.29, 1.82) is 0 Å². The second-order valence-corrected chi connectivity index (χ2v) is 5.98. The van der Waals surface area contributed by atoms with Gasteiger partial charge in [-0.25, -0.2) is 0 Å². The molecule has 1 heterocycles. The van der Waals surface area contributed by atoms with Gasteiger partial charge in [-0.1, -0.05) is 13.8 Å². The molecule has 4 heteroatoms. The highest BCUT2D eigenvalue weighted by molar-refractivity contribution is 9.10. The van der Waals surface area contributed by atoms with E-state index in [1.54, 1.807) is 0 Å². The molecule has 0 aliphatic rings. The van der Waals surface area contributed by atoms with Gasteiger partial charge in [0.1, 0.15) is 0 Å². The Morgan fingerprint density at radius 3 is 2.76 bits per heavy atom. The fourth-order valence-corrected chi connectivity index (χ4v) is 1.92. The molecular formula is C13H21BrN2O. The van der Waals surface area contributed by atoms with Crippen molar-refractivity contribution in [1.82, 2.24) is 10.3 Å². The van der Waals surface area contributed by atoms with Crippen LogP contribution in [-0.2, 0) is 6.54 Å². The van der Waals surface area contributed by atoms with Gasteiger partial charge in [0, 0.05) is 30.4 Å². The molecule has 2 N–H and O–H groups in total. The zero-order valence-electron chi connectivity index (χ0n) is 10.5. The first-order chi connectivity index (χ1) is 8.03. The lowest BCUT2D eigenvalue weighted by Crippen LogP contribution is -2.29. The van der Waals surface area contributed by atoms with Crippen LogP contribution in [0.5, 0.6) is 0 Å². The van der Waals surface area contributed by atoms with E-state index in [0.717, 1.165) is 36.1 Å². The topological polar surface area (TPSA) is 45.1 Å². The lowest BCUT2D eigenvalue weighted by Gasteiger charge is -2.24. The minimum Gasteiger partial charge on any atom is -0.396 e. The summed E-state index contributed by atoms with van der Waals surface area (Å²) >= 11 is 3.37. The largest absolute Gasteiger partial charge is 0.396 e. The van der Waals surface area contributed by atoms with E-state index in [1.165, 1.54) is 0 Å². The summed E-state index contributed by atoms with van der Waals surface area (Å²) in [6.45, 7) is 6.42. The first-order valence-corrected chi connectivity index (χ1v) is 6.75. The van der Waals surface area contributed by atoms with E-state index in [0.29, 0.717) is 0 Å². The van der Waals surface area contributed by atoms with Crippen molar-refractivity contribution in [3.05, 3.63) is 28.5 Å². The van der Waals surface area contributed by atoms with Gasteiger partial charge in [0.2, 0.25) is 0 Å². The number of pyridine rings is 1.